The lowest BCUT2D eigenvalue weighted by atomic mass is 9.92. The molecule has 0 radical (unpaired) electrons. The standard InChI is InChI=1S/C10H6N4O2/c1-5-7(13-14-11)10(16)8-6(9(5)15)3-2-4-12-8/h2-4H,1H3. The summed E-state index contributed by atoms with van der Waals surface area (Å²) in [5, 5.41) is 3.24. The smallest absolute Gasteiger partial charge is 0.214 e. The van der Waals surface area contributed by atoms with E-state index in [0.717, 1.165) is 0 Å². The van der Waals surface area contributed by atoms with Crippen molar-refractivity contribution in [3.63, 3.8) is 0 Å². The SMILES string of the molecule is CC1=C(N=[N+]=[N-])C(=O)c2ncccc2C1=O. The maximum Gasteiger partial charge on any atom is 0.214 e. The molecule has 0 unspecified atom stereocenters. The van der Waals surface area contributed by atoms with E-state index in [1.807, 2.05) is 0 Å². The van der Waals surface area contributed by atoms with E-state index in [4.69, 9.17) is 5.53 Å². The molecule has 0 amide bonds. The Morgan fingerprint density at radius 3 is 2.81 bits per heavy atom. The van der Waals surface area contributed by atoms with Gasteiger partial charge in [-0.15, -0.1) is 0 Å². The van der Waals surface area contributed by atoms with Crippen molar-refractivity contribution in [2.75, 3.05) is 0 Å². The van der Waals surface area contributed by atoms with Gasteiger partial charge in [-0.05, 0) is 24.6 Å². The Bertz CT molecular complexity index is 582. The molecule has 1 aromatic heterocycles. The van der Waals surface area contributed by atoms with E-state index in [2.05, 4.69) is 15.0 Å². The first-order chi connectivity index (χ1) is 7.66. The highest BCUT2D eigenvalue weighted by Crippen LogP contribution is 2.25. The predicted molar refractivity (Wildman–Crippen MR) is 54.7 cm³/mol. The molecule has 0 bridgehead atoms. The lowest BCUT2D eigenvalue weighted by Crippen LogP contribution is -2.21. The quantitative estimate of drug-likeness (QED) is 0.406. The van der Waals surface area contributed by atoms with E-state index in [9.17, 15) is 9.59 Å². The molecule has 6 heteroatoms. The molecular formula is C10H6N4O2. The first kappa shape index (κ1) is 10.1. The fourth-order valence-corrected chi connectivity index (χ4v) is 1.53. The average Bonchev–Trinajstić information content (AvgIpc) is 2.32. The first-order valence-corrected chi connectivity index (χ1v) is 4.47. The summed E-state index contributed by atoms with van der Waals surface area (Å²) in [6.07, 6.45) is 1.42. The molecular weight excluding hydrogens is 208 g/mol. The number of carbonyl (C=O) groups excluding carboxylic acids is 2. The number of nitrogens with zero attached hydrogens (tertiary/aromatic N) is 4. The van der Waals surface area contributed by atoms with Crippen molar-refractivity contribution in [3.05, 3.63) is 51.3 Å². The highest BCUT2D eigenvalue weighted by atomic mass is 16.1. The lowest BCUT2D eigenvalue weighted by molar-refractivity contribution is 0.0970. The number of pyridine rings is 1. The van der Waals surface area contributed by atoms with Crippen LogP contribution in [0.15, 0.2) is 34.7 Å². The second-order valence-electron chi connectivity index (χ2n) is 3.22. The molecule has 1 aromatic rings. The highest BCUT2D eigenvalue weighted by Gasteiger charge is 2.29. The number of aromatic nitrogens is 1. The Kier molecular flexibility index (Phi) is 2.27. The normalized spacial score (nSPS) is 14.6. The fourth-order valence-electron chi connectivity index (χ4n) is 1.53. The molecule has 6 nitrogen and oxygen atoms in total. The van der Waals surface area contributed by atoms with Crippen LogP contribution in [0, 0.1) is 0 Å². The molecule has 0 aromatic carbocycles. The Morgan fingerprint density at radius 2 is 2.12 bits per heavy atom. The summed E-state index contributed by atoms with van der Waals surface area (Å²) < 4.78 is 0. The van der Waals surface area contributed by atoms with E-state index in [1.165, 1.54) is 19.2 Å². The van der Waals surface area contributed by atoms with Crippen LogP contribution < -0.4 is 0 Å². The van der Waals surface area contributed by atoms with Gasteiger partial charge in [-0.25, -0.2) is 0 Å². The topological polar surface area (TPSA) is 95.8 Å². The molecule has 0 atom stereocenters. The maximum atomic E-state index is 11.8. The number of rotatable bonds is 1. The molecule has 0 spiro atoms. The molecule has 2 rings (SSSR count). The summed E-state index contributed by atoms with van der Waals surface area (Å²) in [5.74, 6) is -0.837. The van der Waals surface area contributed by atoms with Gasteiger partial charge in [0.05, 0.1) is 11.3 Å². The zero-order valence-corrected chi connectivity index (χ0v) is 8.34. The molecule has 0 aliphatic heterocycles. The molecule has 0 saturated carbocycles. The van der Waals surface area contributed by atoms with Gasteiger partial charge >= 0.3 is 0 Å². The van der Waals surface area contributed by atoms with Crippen LogP contribution in [-0.4, -0.2) is 16.6 Å². The second kappa shape index (κ2) is 3.60. The summed E-state index contributed by atoms with van der Waals surface area (Å²) in [4.78, 5) is 30.0. The molecule has 0 N–H and O–H groups in total. The van der Waals surface area contributed by atoms with Crippen LogP contribution in [0.1, 0.15) is 27.8 Å². The predicted octanol–water partition coefficient (Wildman–Crippen LogP) is 2.04. The largest absolute Gasteiger partial charge is 0.289 e. The summed E-state index contributed by atoms with van der Waals surface area (Å²) in [7, 11) is 0. The van der Waals surface area contributed by atoms with Gasteiger partial charge in [-0.2, -0.15) is 0 Å². The van der Waals surface area contributed by atoms with Crippen LogP contribution in [0.4, 0.5) is 0 Å². The van der Waals surface area contributed by atoms with Crippen LogP contribution in [-0.2, 0) is 0 Å². The number of azide groups is 1. The van der Waals surface area contributed by atoms with Crippen LogP contribution in [0.3, 0.4) is 0 Å². The number of fused-ring (bicyclic) bond motifs is 1. The molecule has 0 saturated heterocycles. The van der Waals surface area contributed by atoms with Gasteiger partial charge in [0, 0.05) is 16.7 Å². The van der Waals surface area contributed by atoms with Crippen molar-refractivity contribution in [2.45, 2.75) is 6.92 Å². The molecule has 1 aliphatic carbocycles. The van der Waals surface area contributed by atoms with Crippen molar-refractivity contribution >= 4 is 11.6 Å². The maximum absolute atomic E-state index is 11.8. The van der Waals surface area contributed by atoms with Gasteiger partial charge in [-0.3, -0.25) is 14.6 Å². The molecule has 1 heterocycles. The molecule has 1 aliphatic rings. The Balaban J connectivity index is 2.72. The van der Waals surface area contributed by atoms with Gasteiger partial charge in [0.1, 0.15) is 5.69 Å². The molecule has 16 heavy (non-hydrogen) atoms. The van der Waals surface area contributed by atoms with E-state index < -0.39 is 5.78 Å². The minimum Gasteiger partial charge on any atom is -0.289 e. The number of carbonyl (C=O) groups is 2. The number of hydrogen-bond acceptors (Lipinski definition) is 4. The third-order valence-corrected chi connectivity index (χ3v) is 2.32. The zero-order chi connectivity index (χ0) is 11.7. The summed E-state index contributed by atoms with van der Waals surface area (Å²) in [5.41, 5.74) is 8.61. The Hall–Kier alpha value is -2.46. The van der Waals surface area contributed by atoms with Crippen LogP contribution >= 0.6 is 0 Å². The fraction of sp³-hybridized carbons (Fsp3) is 0.100. The van der Waals surface area contributed by atoms with E-state index in [1.54, 1.807) is 6.07 Å². The van der Waals surface area contributed by atoms with Crippen molar-refractivity contribution in [1.82, 2.24) is 4.98 Å². The Morgan fingerprint density at radius 1 is 1.38 bits per heavy atom. The van der Waals surface area contributed by atoms with Gasteiger partial charge in [0.25, 0.3) is 0 Å². The second-order valence-corrected chi connectivity index (χ2v) is 3.22. The molecule has 0 fully saturated rings. The van der Waals surface area contributed by atoms with E-state index in [0.29, 0.717) is 0 Å². The highest BCUT2D eigenvalue weighted by molar-refractivity contribution is 6.25. The van der Waals surface area contributed by atoms with Crippen LogP contribution in [0.2, 0.25) is 0 Å². The van der Waals surface area contributed by atoms with Gasteiger partial charge in [0.15, 0.2) is 5.78 Å². The Labute approximate surface area is 90.2 Å². The zero-order valence-electron chi connectivity index (χ0n) is 8.34. The van der Waals surface area contributed by atoms with Crippen molar-refractivity contribution < 1.29 is 9.59 Å². The summed E-state index contributed by atoms with van der Waals surface area (Å²) in [6, 6.07) is 3.11. The summed E-state index contributed by atoms with van der Waals surface area (Å²) in [6.45, 7) is 1.46. The number of hydrogen-bond donors (Lipinski definition) is 0. The third kappa shape index (κ3) is 1.29. The number of allylic oxidation sites excluding steroid dienone is 2. The number of ketones is 2. The van der Waals surface area contributed by atoms with Gasteiger partial charge in [-0.1, -0.05) is 5.11 Å². The van der Waals surface area contributed by atoms with Crippen LogP contribution in [0.25, 0.3) is 10.4 Å². The third-order valence-electron chi connectivity index (χ3n) is 2.32. The molecule has 78 valence electrons. The van der Waals surface area contributed by atoms with Crippen molar-refractivity contribution in [3.8, 4) is 0 Å². The minimum absolute atomic E-state index is 0.0421. The first-order valence-electron chi connectivity index (χ1n) is 4.47. The van der Waals surface area contributed by atoms with Crippen molar-refractivity contribution in [2.24, 2.45) is 5.11 Å². The van der Waals surface area contributed by atoms with E-state index in [-0.39, 0.29) is 28.3 Å². The van der Waals surface area contributed by atoms with Crippen molar-refractivity contribution in [1.29, 1.82) is 0 Å². The average molecular weight is 214 g/mol. The van der Waals surface area contributed by atoms with E-state index >= 15 is 0 Å². The monoisotopic (exact) mass is 214 g/mol. The minimum atomic E-state index is -0.509. The van der Waals surface area contributed by atoms with Gasteiger partial charge in [0.2, 0.25) is 5.78 Å². The number of Topliss-reactive ketones (excluding diaryl/α,β-unsaturated/α-hetero) is 2. The van der Waals surface area contributed by atoms with Crippen LogP contribution in [0.5, 0.6) is 0 Å². The lowest BCUT2D eigenvalue weighted by Gasteiger charge is -2.14. The van der Waals surface area contributed by atoms with Gasteiger partial charge < -0.3 is 0 Å². The summed E-state index contributed by atoms with van der Waals surface area (Å²) >= 11 is 0.